The number of benzene rings is 1. The molecule has 1 aliphatic heterocycles. The first-order valence-corrected chi connectivity index (χ1v) is 10.6. The van der Waals surface area contributed by atoms with Gasteiger partial charge in [0.25, 0.3) is 0 Å². The third-order valence-electron chi connectivity index (χ3n) is 5.25. The van der Waals surface area contributed by atoms with Gasteiger partial charge in [0.15, 0.2) is 11.6 Å². The van der Waals surface area contributed by atoms with Gasteiger partial charge in [0.05, 0.1) is 11.8 Å². The van der Waals surface area contributed by atoms with Crippen molar-refractivity contribution in [1.29, 1.82) is 5.26 Å². The first kappa shape index (κ1) is 22.0. The summed E-state index contributed by atoms with van der Waals surface area (Å²) in [5, 5.41) is 9.32. The van der Waals surface area contributed by atoms with Gasteiger partial charge in [-0.1, -0.05) is 6.07 Å². The summed E-state index contributed by atoms with van der Waals surface area (Å²) < 4.78 is 19.9. The van der Waals surface area contributed by atoms with E-state index < -0.39 is 5.82 Å². The Morgan fingerprint density at radius 2 is 2.00 bits per heavy atom. The molecule has 166 valence electrons. The zero-order valence-corrected chi connectivity index (χ0v) is 17.9. The molecule has 1 aliphatic rings. The van der Waals surface area contributed by atoms with Gasteiger partial charge in [-0.3, -0.25) is 9.78 Å². The Labute approximate surface area is 191 Å². The van der Waals surface area contributed by atoms with E-state index in [-0.39, 0.29) is 11.7 Å². The van der Waals surface area contributed by atoms with Crippen LogP contribution in [0.1, 0.15) is 17.5 Å². The Hall–Kier alpha value is -4.25. The van der Waals surface area contributed by atoms with Crippen molar-refractivity contribution in [3.05, 3.63) is 84.1 Å². The monoisotopic (exact) mass is 443 g/mol. The largest absolute Gasteiger partial charge is 0.453 e. The Morgan fingerprint density at radius 1 is 1.12 bits per heavy atom. The molecule has 0 aliphatic carbocycles. The maximum atomic E-state index is 14.4. The molecule has 2 aromatic heterocycles. The number of nitrogens with zero attached hydrogens (tertiary/aromatic N) is 5. The lowest BCUT2D eigenvalue weighted by molar-refractivity contribution is -0.125. The molecule has 7 nitrogen and oxygen atoms in total. The Morgan fingerprint density at radius 3 is 2.79 bits per heavy atom. The molecule has 0 unspecified atom stereocenters. The number of amides is 1. The number of nitriles is 1. The van der Waals surface area contributed by atoms with E-state index in [1.54, 1.807) is 53.7 Å². The highest BCUT2D eigenvalue weighted by molar-refractivity contribution is 5.91. The third-order valence-corrected chi connectivity index (χ3v) is 5.25. The Bertz CT molecular complexity index is 1190. The van der Waals surface area contributed by atoms with Crippen molar-refractivity contribution in [2.75, 3.05) is 31.1 Å². The van der Waals surface area contributed by atoms with Gasteiger partial charge < -0.3 is 14.5 Å². The van der Waals surface area contributed by atoms with Crippen LogP contribution in [0.25, 0.3) is 6.08 Å². The molecule has 33 heavy (non-hydrogen) atoms. The van der Waals surface area contributed by atoms with Crippen LogP contribution in [0.15, 0.2) is 67.1 Å². The topological polar surface area (TPSA) is 82.4 Å². The average Bonchev–Trinajstić information content (AvgIpc) is 3.11. The SMILES string of the molecule is N#Cc1cccnc1N1CCCN(C(=O)/C=C/c2ccc(Oc3cccnc3)c(F)c2)CC1. The van der Waals surface area contributed by atoms with Crippen molar-refractivity contribution in [1.82, 2.24) is 14.9 Å². The quantitative estimate of drug-likeness (QED) is 0.554. The van der Waals surface area contributed by atoms with E-state index >= 15 is 0 Å². The molecule has 3 heterocycles. The van der Waals surface area contributed by atoms with E-state index in [9.17, 15) is 14.4 Å². The van der Waals surface area contributed by atoms with Crippen LogP contribution in [0.2, 0.25) is 0 Å². The fourth-order valence-electron chi connectivity index (χ4n) is 3.60. The number of carbonyl (C=O) groups excluding carboxylic acids is 1. The van der Waals surface area contributed by atoms with E-state index in [1.165, 1.54) is 24.4 Å². The molecule has 0 bridgehead atoms. The van der Waals surface area contributed by atoms with Gasteiger partial charge in [0.2, 0.25) is 5.91 Å². The molecule has 4 rings (SSSR count). The van der Waals surface area contributed by atoms with Crippen molar-refractivity contribution >= 4 is 17.8 Å². The summed E-state index contributed by atoms with van der Waals surface area (Å²) >= 11 is 0. The minimum atomic E-state index is -0.525. The second-order valence-corrected chi connectivity index (χ2v) is 7.47. The van der Waals surface area contributed by atoms with Gasteiger partial charge in [-0.15, -0.1) is 0 Å². The molecular formula is C25H22FN5O2. The highest BCUT2D eigenvalue weighted by Gasteiger charge is 2.20. The van der Waals surface area contributed by atoms with Crippen LogP contribution in [0.4, 0.5) is 10.2 Å². The van der Waals surface area contributed by atoms with Crippen LogP contribution in [0.3, 0.4) is 0 Å². The smallest absolute Gasteiger partial charge is 0.246 e. The Kier molecular flexibility index (Phi) is 6.90. The maximum Gasteiger partial charge on any atom is 0.246 e. The van der Waals surface area contributed by atoms with Crippen LogP contribution in [-0.4, -0.2) is 47.0 Å². The van der Waals surface area contributed by atoms with Gasteiger partial charge in [-0.05, 0) is 54.5 Å². The molecule has 0 spiro atoms. The Balaban J connectivity index is 1.37. The number of halogens is 1. The number of aromatic nitrogens is 2. The molecule has 0 radical (unpaired) electrons. The van der Waals surface area contributed by atoms with E-state index in [4.69, 9.17) is 4.74 Å². The number of ether oxygens (including phenoxy) is 1. The lowest BCUT2D eigenvalue weighted by Gasteiger charge is -2.22. The molecule has 3 aromatic rings. The zero-order valence-electron chi connectivity index (χ0n) is 17.9. The second-order valence-electron chi connectivity index (χ2n) is 7.47. The summed E-state index contributed by atoms with van der Waals surface area (Å²) in [6.45, 7) is 2.40. The standard InChI is InChI=1S/C25H22FN5O2/c26-22-16-19(6-8-23(22)33-21-5-2-10-28-18-21)7-9-24(32)30-12-3-13-31(15-14-30)25-20(17-27)4-1-11-29-25/h1-2,4-11,16,18H,3,12-15H2/b9-7+. The van der Waals surface area contributed by atoms with E-state index in [0.717, 1.165) is 6.42 Å². The number of hydrogen-bond donors (Lipinski definition) is 0. The predicted octanol–water partition coefficient (Wildman–Crippen LogP) is 4.03. The highest BCUT2D eigenvalue weighted by Crippen LogP contribution is 2.25. The molecular weight excluding hydrogens is 421 g/mol. The van der Waals surface area contributed by atoms with Crippen molar-refractivity contribution in [3.8, 4) is 17.6 Å². The number of hydrogen-bond acceptors (Lipinski definition) is 6. The summed E-state index contributed by atoms with van der Waals surface area (Å²) in [5.74, 6) is 0.508. The van der Waals surface area contributed by atoms with E-state index in [2.05, 4.69) is 16.0 Å². The number of carbonyl (C=O) groups is 1. The molecule has 0 atom stereocenters. The van der Waals surface area contributed by atoms with E-state index in [0.29, 0.717) is 48.9 Å². The van der Waals surface area contributed by atoms with Crippen molar-refractivity contribution in [2.24, 2.45) is 0 Å². The van der Waals surface area contributed by atoms with Crippen molar-refractivity contribution in [2.45, 2.75) is 6.42 Å². The van der Waals surface area contributed by atoms with Crippen LogP contribution in [-0.2, 0) is 4.79 Å². The average molecular weight is 443 g/mol. The molecule has 1 fully saturated rings. The number of pyridine rings is 2. The van der Waals surface area contributed by atoms with Crippen molar-refractivity contribution in [3.63, 3.8) is 0 Å². The molecule has 1 amide bonds. The fraction of sp³-hybridized carbons (Fsp3) is 0.200. The highest BCUT2D eigenvalue weighted by atomic mass is 19.1. The lowest BCUT2D eigenvalue weighted by atomic mass is 10.2. The van der Waals surface area contributed by atoms with Gasteiger partial charge in [0.1, 0.15) is 17.6 Å². The maximum absolute atomic E-state index is 14.4. The lowest BCUT2D eigenvalue weighted by Crippen LogP contribution is -2.34. The van der Waals surface area contributed by atoms with E-state index in [1.807, 2.05) is 4.90 Å². The fourth-order valence-corrected chi connectivity index (χ4v) is 3.60. The molecule has 0 N–H and O–H groups in total. The van der Waals surface area contributed by atoms with Gasteiger partial charge in [-0.25, -0.2) is 9.37 Å². The normalized spacial score (nSPS) is 14.1. The minimum Gasteiger partial charge on any atom is -0.453 e. The summed E-state index contributed by atoms with van der Waals surface area (Å²) in [6, 6.07) is 13.6. The van der Waals surface area contributed by atoms with Gasteiger partial charge in [-0.2, -0.15) is 5.26 Å². The van der Waals surface area contributed by atoms with Gasteiger partial charge >= 0.3 is 0 Å². The zero-order chi connectivity index (χ0) is 23.0. The summed E-state index contributed by atoms with van der Waals surface area (Å²) in [7, 11) is 0. The summed E-state index contributed by atoms with van der Waals surface area (Å²) in [4.78, 5) is 24.8. The number of rotatable bonds is 5. The summed E-state index contributed by atoms with van der Waals surface area (Å²) in [6.07, 6.45) is 8.58. The predicted molar refractivity (Wildman–Crippen MR) is 122 cm³/mol. The van der Waals surface area contributed by atoms with Crippen LogP contribution < -0.4 is 9.64 Å². The summed E-state index contributed by atoms with van der Waals surface area (Å²) in [5.41, 5.74) is 1.08. The number of anilines is 1. The molecule has 8 heteroatoms. The first-order valence-electron chi connectivity index (χ1n) is 10.6. The second kappa shape index (κ2) is 10.4. The molecule has 1 saturated heterocycles. The van der Waals surface area contributed by atoms with Crippen molar-refractivity contribution < 1.29 is 13.9 Å². The van der Waals surface area contributed by atoms with Crippen LogP contribution in [0, 0.1) is 17.1 Å². The molecule has 1 aromatic carbocycles. The third kappa shape index (κ3) is 5.52. The van der Waals surface area contributed by atoms with Gasteiger partial charge in [0, 0.05) is 44.6 Å². The first-order chi connectivity index (χ1) is 16.1. The minimum absolute atomic E-state index is 0.0883. The van der Waals surface area contributed by atoms with Crippen LogP contribution in [0.5, 0.6) is 11.5 Å². The van der Waals surface area contributed by atoms with Crippen LogP contribution >= 0.6 is 0 Å². The molecule has 0 saturated carbocycles.